The minimum atomic E-state index is -1.35. The maximum atomic E-state index is 11.8. The molecule has 31 heavy (non-hydrogen) atoms. The van der Waals surface area contributed by atoms with Crippen molar-refractivity contribution < 1.29 is 29.6 Å². The van der Waals surface area contributed by atoms with Crippen LogP contribution in [-0.2, 0) is 14.3 Å². The number of aldehydes is 1. The Bertz CT molecular complexity index is 826. The van der Waals surface area contributed by atoms with Crippen molar-refractivity contribution in [2.24, 2.45) is 16.7 Å². The van der Waals surface area contributed by atoms with Crippen LogP contribution in [0, 0.1) is 16.7 Å². The van der Waals surface area contributed by atoms with Gasteiger partial charge in [0.15, 0.2) is 6.29 Å². The summed E-state index contributed by atoms with van der Waals surface area (Å²) >= 11 is 0. The molecule has 4 unspecified atom stereocenters. The van der Waals surface area contributed by atoms with Crippen molar-refractivity contribution in [1.82, 2.24) is 0 Å². The van der Waals surface area contributed by atoms with Gasteiger partial charge in [-0.25, -0.2) is 0 Å². The van der Waals surface area contributed by atoms with Crippen molar-refractivity contribution in [2.75, 3.05) is 6.61 Å². The molecule has 172 valence electrons. The summed E-state index contributed by atoms with van der Waals surface area (Å²) in [6.07, 6.45) is 4.23. The molecule has 4 rings (SSSR count). The number of fused-ring (bicyclic) bond motifs is 3. The van der Waals surface area contributed by atoms with Crippen molar-refractivity contribution in [3.05, 3.63) is 34.4 Å². The monoisotopic (exact) mass is 432 g/mol. The van der Waals surface area contributed by atoms with Crippen LogP contribution in [0.25, 0.3) is 0 Å². The van der Waals surface area contributed by atoms with Gasteiger partial charge in [0.05, 0.1) is 12.7 Å². The third-order valence-electron chi connectivity index (χ3n) is 8.15. The molecule has 7 atom stereocenters. The van der Waals surface area contributed by atoms with Crippen LogP contribution < -0.4 is 0 Å². The lowest BCUT2D eigenvalue weighted by Crippen LogP contribution is -2.56. The molecule has 3 aliphatic carbocycles. The van der Waals surface area contributed by atoms with E-state index in [-0.39, 0.29) is 17.4 Å². The molecular weight excluding hydrogens is 396 g/mol. The Kier molecular flexibility index (Phi) is 6.07. The second-order valence-corrected chi connectivity index (χ2v) is 10.6. The molecule has 3 N–H and O–H groups in total. The molecule has 4 aliphatic rings. The maximum absolute atomic E-state index is 11.8. The molecule has 6 heteroatoms. The first-order chi connectivity index (χ1) is 14.6. The Balaban J connectivity index is 1.73. The van der Waals surface area contributed by atoms with E-state index in [2.05, 4.69) is 33.8 Å². The van der Waals surface area contributed by atoms with E-state index in [9.17, 15) is 20.1 Å². The number of allylic oxidation sites excluding steroid dienone is 4. The molecule has 2 fully saturated rings. The van der Waals surface area contributed by atoms with Crippen LogP contribution in [0.3, 0.4) is 0 Å². The van der Waals surface area contributed by atoms with Gasteiger partial charge >= 0.3 is 0 Å². The van der Waals surface area contributed by atoms with Gasteiger partial charge in [0.1, 0.15) is 24.6 Å². The summed E-state index contributed by atoms with van der Waals surface area (Å²) in [6, 6.07) is 0. The average Bonchev–Trinajstić information content (AvgIpc) is 3.02. The van der Waals surface area contributed by atoms with Crippen LogP contribution in [0.15, 0.2) is 34.4 Å². The minimum absolute atomic E-state index is 0.105. The molecule has 0 aromatic carbocycles. The highest BCUT2D eigenvalue weighted by Crippen LogP contribution is 2.62. The van der Waals surface area contributed by atoms with Crippen LogP contribution in [-0.4, -0.2) is 58.9 Å². The third-order valence-corrected chi connectivity index (χ3v) is 8.15. The van der Waals surface area contributed by atoms with Crippen molar-refractivity contribution in [3.8, 4) is 0 Å². The maximum Gasteiger partial charge on any atom is 0.186 e. The van der Waals surface area contributed by atoms with E-state index in [1.54, 1.807) is 0 Å². The van der Waals surface area contributed by atoms with Gasteiger partial charge in [-0.05, 0) is 53.7 Å². The van der Waals surface area contributed by atoms with E-state index >= 15 is 0 Å². The van der Waals surface area contributed by atoms with Crippen LogP contribution in [0.5, 0.6) is 0 Å². The van der Waals surface area contributed by atoms with E-state index in [1.807, 2.05) is 6.08 Å². The summed E-state index contributed by atoms with van der Waals surface area (Å²) in [5.41, 5.74) is 4.57. The number of carbonyl (C=O) groups is 1. The number of hydrogen-bond donors (Lipinski definition) is 3. The van der Waals surface area contributed by atoms with Crippen LogP contribution in [0.1, 0.15) is 59.8 Å². The minimum Gasteiger partial charge on any atom is -0.388 e. The van der Waals surface area contributed by atoms with E-state index in [0.717, 1.165) is 32.0 Å². The first-order valence-corrected chi connectivity index (χ1v) is 11.5. The highest BCUT2D eigenvalue weighted by atomic mass is 16.7. The third kappa shape index (κ3) is 3.76. The van der Waals surface area contributed by atoms with Gasteiger partial charge in [0, 0.05) is 11.8 Å². The van der Waals surface area contributed by atoms with Gasteiger partial charge < -0.3 is 24.8 Å². The summed E-state index contributed by atoms with van der Waals surface area (Å²) in [4.78, 5) is 11.8. The molecule has 1 saturated carbocycles. The second-order valence-electron chi connectivity index (χ2n) is 10.6. The Morgan fingerprint density at radius 3 is 2.55 bits per heavy atom. The SMILES string of the molecule is CC(C)C1=C2C3=CC=C(C=O)CC(O[C@@H]4OCC(O)[C@H](O)C4O)[C@]3(C)CCC2(C)CC1. The van der Waals surface area contributed by atoms with Crippen molar-refractivity contribution in [2.45, 2.75) is 90.5 Å². The van der Waals surface area contributed by atoms with E-state index in [4.69, 9.17) is 9.47 Å². The highest BCUT2D eigenvalue weighted by molar-refractivity contribution is 5.74. The van der Waals surface area contributed by atoms with Gasteiger partial charge in [-0.3, -0.25) is 4.79 Å². The molecule has 0 amide bonds. The predicted octanol–water partition coefficient (Wildman–Crippen LogP) is 2.82. The summed E-state index contributed by atoms with van der Waals surface area (Å²) in [5.74, 6) is 0.456. The zero-order valence-corrected chi connectivity index (χ0v) is 19.0. The first kappa shape index (κ1) is 22.9. The van der Waals surface area contributed by atoms with Crippen LogP contribution in [0.2, 0.25) is 0 Å². The van der Waals surface area contributed by atoms with E-state index < -0.39 is 30.7 Å². The molecule has 1 saturated heterocycles. The Morgan fingerprint density at radius 1 is 1.13 bits per heavy atom. The average molecular weight is 433 g/mol. The van der Waals surface area contributed by atoms with Gasteiger partial charge in [0.25, 0.3) is 0 Å². The number of carbonyl (C=O) groups excluding carboxylic acids is 1. The number of aliphatic hydroxyl groups is 3. The fourth-order valence-corrected chi connectivity index (χ4v) is 5.98. The molecule has 0 radical (unpaired) electrons. The zero-order valence-electron chi connectivity index (χ0n) is 19.0. The van der Waals surface area contributed by atoms with Crippen LogP contribution in [0.4, 0.5) is 0 Å². The number of aliphatic hydroxyl groups excluding tert-OH is 3. The van der Waals surface area contributed by atoms with Crippen molar-refractivity contribution in [1.29, 1.82) is 0 Å². The van der Waals surface area contributed by atoms with Crippen molar-refractivity contribution in [3.63, 3.8) is 0 Å². The molecule has 6 nitrogen and oxygen atoms in total. The summed E-state index contributed by atoms with van der Waals surface area (Å²) < 4.78 is 11.9. The fraction of sp³-hybridized carbons (Fsp3) is 0.720. The Morgan fingerprint density at radius 2 is 1.87 bits per heavy atom. The lowest BCUT2D eigenvalue weighted by Gasteiger charge is -2.50. The quantitative estimate of drug-likeness (QED) is 0.591. The van der Waals surface area contributed by atoms with Crippen LogP contribution >= 0.6 is 0 Å². The molecule has 1 heterocycles. The Hall–Kier alpha value is -1.31. The Labute approximate surface area is 184 Å². The summed E-state index contributed by atoms with van der Waals surface area (Å²) in [6.45, 7) is 8.93. The number of hydrogen-bond acceptors (Lipinski definition) is 6. The predicted molar refractivity (Wildman–Crippen MR) is 116 cm³/mol. The molecule has 0 bridgehead atoms. The molecular formula is C25H36O6. The van der Waals surface area contributed by atoms with Gasteiger partial charge in [0.2, 0.25) is 0 Å². The molecule has 0 spiro atoms. The summed E-state index contributed by atoms with van der Waals surface area (Å²) in [5, 5.41) is 30.3. The second kappa shape index (κ2) is 8.23. The van der Waals surface area contributed by atoms with Gasteiger partial charge in [-0.2, -0.15) is 0 Å². The smallest absolute Gasteiger partial charge is 0.186 e. The fourth-order valence-electron chi connectivity index (χ4n) is 5.98. The van der Waals surface area contributed by atoms with E-state index in [1.165, 1.54) is 16.7 Å². The number of rotatable bonds is 4. The largest absolute Gasteiger partial charge is 0.388 e. The molecule has 1 aliphatic heterocycles. The standard InChI is InChI=1S/C25H36O6/c1-14(2)16-7-8-24(3)9-10-25(4)17(20(16)24)6-5-15(12-26)11-19(25)31-23-22(29)21(28)18(27)13-30-23/h5-6,12,14,18-19,21-23,27-29H,7-11,13H2,1-4H3/t18?,19?,21-,22?,23-,24?,25+/m0/s1. The van der Waals surface area contributed by atoms with Crippen molar-refractivity contribution >= 4 is 6.29 Å². The first-order valence-electron chi connectivity index (χ1n) is 11.5. The number of ether oxygens (including phenoxy) is 2. The lowest BCUT2D eigenvalue weighted by molar-refractivity contribution is -0.291. The van der Waals surface area contributed by atoms with E-state index in [0.29, 0.717) is 17.9 Å². The summed E-state index contributed by atoms with van der Waals surface area (Å²) in [7, 11) is 0. The molecule has 0 aromatic heterocycles. The highest BCUT2D eigenvalue weighted by Gasteiger charge is 2.53. The van der Waals surface area contributed by atoms with Gasteiger partial charge in [-0.1, -0.05) is 45.4 Å². The topological polar surface area (TPSA) is 96.2 Å². The van der Waals surface area contributed by atoms with Gasteiger partial charge in [-0.15, -0.1) is 0 Å². The molecule has 0 aromatic rings. The zero-order chi connectivity index (χ0) is 22.6. The normalized spacial score (nSPS) is 43.2. The lowest BCUT2D eigenvalue weighted by atomic mass is 9.57.